The summed E-state index contributed by atoms with van der Waals surface area (Å²) in [5.41, 5.74) is 7.44. The van der Waals surface area contributed by atoms with E-state index < -0.39 is 0 Å². The number of hydrogen-bond acceptors (Lipinski definition) is 4. The molecule has 1 aromatic heterocycles. The van der Waals surface area contributed by atoms with E-state index in [0.717, 1.165) is 24.6 Å². The number of rotatable bonds is 3. The van der Waals surface area contributed by atoms with Gasteiger partial charge in [0.25, 0.3) is 0 Å². The molecule has 4 heteroatoms. The molecule has 2 unspecified atom stereocenters. The van der Waals surface area contributed by atoms with Gasteiger partial charge in [0.15, 0.2) is 0 Å². The smallest absolute Gasteiger partial charge is 0.140 e. The van der Waals surface area contributed by atoms with Crippen molar-refractivity contribution in [3.63, 3.8) is 0 Å². The van der Waals surface area contributed by atoms with E-state index in [1.807, 2.05) is 12.1 Å². The maximum atomic E-state index is 8.76. The highest BCUT2D eigenvalue weighted by Gasteiger charge is 2.26. The van der Waals surface area contributed by atoms with E-state index in [0.29, 0.717) is 18.3 Å². The molecule has 0 saturated carbocycles. The zero-order chi connectivity index (χ0) is 13.0. The number of anilines is 1. The molecule has 4 nitrogen and oxygen atoms in total. The van der Waals surface area contributed by atoms with Crippen LogP contribution >= 0.6 is 0 Å². The van der Waals surface area contributed by atoms with Crippen molar-refractivity contribution in [1.82, 2.24) is 4.98 Å². The van der Waals surface area contributed by atoms with Crippen molar-refractivity contribution in [2.45, 2.75) is 32.2 Å². The number of nitrogens with zero attached hydrogens (tertiary/aromatic N) is 3. The Labute approximate surface area is 108 Å². The molecule has 0 aromatic carbocycles. The van der Waals surface area contributed by atoms with Gasteiger partial charge in [-0.05, 0) is 30.9 Å². The van der Waals surface area contributed by atoms with Gasteiger partial charge in [-0.1, -0.05) is 13.3 Å². The summed E-state index contributed by atoms with van der Waals surface area (Å²) in [6.45, 7) is 3.96. The highest BCUT2D eigenvalue weighted by atomic mass is 15.2. The van der Waals surface area contributed by atoms with Crippen LogP contribution in [0.2, 0.25) is 0 Å². The molecule has 96 valence electrons. The lowest BCUT2D eigenvalue weighted by atomic mass is 9.88. The lowest BCUT2D eigenvalue weighted by Crippen LogP contribution is -2.46. The van der Waals surface area contributed by atoms with Gasteiger partial charge >= 0.3 is 0 Å². The molecule has 0 bridgehead atoms. The van der Waals surface area contributed by atoms with E-state index in [-0.39, 0.29) is 0 Å². The van der Waals surface area contributed by atoms with Crippen LogP contribution in [0.15, 0.2) is 18.3 Å². The highest BCUT2D eigenvalue weighted by Crippen LogP contribution is 2.28. The van der Waals surface area contributed by atoms with Crippen molar-refractivity contribution in [2.75, 3.05) is 18.0 Å². The largest absolute Gasteiger partial charge is 0.366 e. The summed E-state index contributed by atoms with van der Waals surface area (Å²) in [6, 6.07) is 6.19. The van der Waals surface area contributed by atoms with Gasteiger partial charge < -0.3 is 10.6 Å². The van der Waals surface area contributed by atoms with E-state index in [2.05, 4.69) is 16.8 Å². The third-order valence-corrected chi connectivity index (χ3v) is 3.87. The van der Waals surface area contributed by atoms with Crippen LogP contribution in [0, 0.1) is 17.2 Å². The highest BCUT2D eigenvalue weighted by molar-refractivity contribution is 5.47. The summed E-state index contributed by atoms with van der Waals surface area (Å²) >= 11 is 0. The van der Waals surface area contributed by atoms with E-state index in [1.165, 1.54) is 12.8 Å². The molecule has 2 atom stereocenters. The fourth-order valence-corrected chi connectivity index (χ4v) is 2.69. The minimum Gasteiger partial charge on any atom is -0.366 e. The van der Waals surface area contributed by atoms with Gasteiger partial charge in [0.1, 0.15) is 11.8 Å². The molecular formula is C14H20N4. The average Bonchev–Trinajstić information content (AvgIpc) is 2.46. The third-order valence-electron chi connectivity index (χ3n) is 3.87. The zero-order valence-corrected chi connectivity index (χ0v) is 10.8. The number of aromatic nitrogens is 1. The first-order chi connectivity index (χ1) is 8.78. The Kier molecular flexibility index (Phi) is 4.16. The second-order valence-electron chi connectivity index (χ2n) is 4.90. The molecule has 2 N–H and O–H groups in total. The van der Waals surface area contributed by atoms with Gasteiger partial charge in [-0.3, -0.25) is 0 Å². The first-order valence-corrected chi connectivity index (χ1v) is 6.61. The van der Waals surface area contributed by atoms with Crippen LogP contribution in [0.1, 0.15) is 31.9 Å². The number of hydrogen-bond donors (Lipinski definition) is 1. The SMILES string of the molecule is CCC1CCN(c2ccc(C#N)nc2)C(CN)C1. The standard InChI is InChI=1S/C14H20N4/c1-2-11-5-6-18(14(7-11)9-16)13-4-3-12(8-15)17-10-13/h3-4,10-11,14H,2,5-7,9,16H2,1H3. The lowest BCUT2D eigenvalue weighted by molar-refractivity contribution is 0.335. The normalized spacial score (nSPS) is 23.7. The van der Waals surface area contributed by atoms with Crippen molar-refractivity contribution in [1.29, 1.82) is 5.26 Å². The third kappa shape index (κ3) is 2.62. The predicted octanol–water partition coefficient (Wildman–Crippen LogP) is 1.91. The molecule has 0 amide bonds. The first-order valence-electron chi connectivity index (χ1n) is 6.61. The Bertz CT molecular complexity index is 420. The van der Waals surface area contributed by atoms with Gasteiger partial charge in [-0.15, -0.1) is 0 Å². The molecule has 1 aromatic rings. The van der Waals surface area contributed by atoms with Crippen LogP contribution in [0.5, 0.6) is 0 Å². The summed E-state index contributed by atoms with van der Waals surface area (Å²) < 4.78 is 0. The second-order valence-corrected chi connectivity index (χ2v) is 4.90. The van der Waals surface area contributed by atoms with Crippen LogP contribution in [0.4, 0.5) is 5.69 Å². The van der Waals surface area contributed by atoms with E-state index in [1.54, 1.807) is 12.3 Å². The fourth-order valence-electron chi connectivity index (χ4n) is 2.69. The Hall–Kier alpha value is -1.60. The Morgan fingerprint density at radius 2 is 2.39 bits per heavy atom. The molecule has 2 rings (SSSR count). The van der Waals surface area contributed by atoms with Crippen LogP contribution in [0.3, 0.4) is 0 Å². The van der Waals surface area contributed by atoms with Gasteiger partial charge in [0.2, 0.25) is 0 Å². The molecule has 0 spiro atoms. The molecule has 0 radical (unpaired) electrons. The summed E-state index contributed by atoms with van der Waals surface area (Å²) in [5, 5.41) is 8.76. The van der Waals surface area contributed by atoms with Gasteiger partial charge in [-0.2, -0.15) is 5.26 Å². The van der Waals surface area contributed by atoms with Crippen molar-refractivity contribution >= 4 is 5.69 Å². The quantitative estimate of drug-likeness (QED) is 0.882. The summed E-state index contributed by atoms with van der Waals surface area (Å²) in [5.74, 6) is 0.793. The number of piperidine rings is 1. The minimum absolute atomic E-state index is 0.401. The predicted molar refractivity (Wildman–Crippen MR) is 72.2 cm³/mol. The molecular weight excluding hydrogens is 224 g/mol. The van der Waals surface area contributed by atoms with Crippen molar-refractivity contribution in [3.05, 3.63) is 24.0 Å². The van der Waals surface area contributed by atoms with Gasteiger partial charge in [0.05, 0.1) is 11.9 Å². The van der Waals surface area contributed by atoms with Crippen molar-refractivity contribution < 1.29 is 0 Å². The first kappa shape index (κ1) is 12.8. The topological polar surface area (TPSA) is 65.9 Å². The van der Waals surface area contributed by atoms with Gasteiger partial charge in [-0.25, -0.2) is 4.98 Å². The maximum absolute atomic E-state index is 8.76. The Morgan fingerprint density at radius 3 is 2.94 bits per heavy atom. The number of nitrogens with two attached hydrogens (primary N) is 1. The van der Waals surface area contributed by atoms with Gasteiger partial charge in [0, 0.05) is 19.1 Å². The summed E-state index contributed by atoms with van der Waals surface area (Å²) in [4.78, 5) is 6.47. The van der Waals surface area contributed by atoms with E-state index in [4.69, 9.17) is 11.0 Å². The molecule has 2 heterocycles. The maximum Gasteiger partial charge on any atom is 0.140 e. The van der Waals surface area contributed by atoms with Crippen LogP contribution < -0.4 is 10.6 Å². The Balaban J connectivity index is 2.13. The monoisotopic (exact) mass is 244 g/mol. The molecule has 1 aliphatic rings. The molecule has 1 aliphatic heterocycles. The van der Waals surface area contributed by atoms with Crippen LogP contribution in [-0.4, -0.2) is 24.1 Å². The number of pyridine rings is 1. The van der Waals surface area contributed by atoms with E-state index >= 15 is 0 Å². The molecule has 1 saturated heterocycles. The minimum atomic E-state index is 0.401. The Morgan fingerprint density at radius 1 is 1.56 bits per heavy atom. The van der Waals surface area contributed by atoms with E-state index in [9.17, 15) is 0 Å². The average molecular weight is 244 g/mol. The fraction of sp³-hybridized carbons (Fsp3) is 0.571. The van der Waals surface area contributed by atoms with Crippen molar-refractivity contribution in [3.8, 4) is 6.07 Å². The van der Waals surface area contributed by atoms with Crippen LogP contribution in [0.25, 0.3) is 0 Å². The number of nitriles is 1. The molecule has 0 aliphatic carbocycles. The molecule has 1 fully saturated rings. The summed E-state index contributed by atoms with van der Waals surface area (Å²) in [7, 11) is 0. The van der Waals surface area contributed by atoms with Crippen molar-refractivity contribution in [2.24, 2.45) is 11.7 Å². The zero-order valence-electron chi connectivity index (χ0n) is 10.8. The molecule has 18 heavy (non-hydrogen) atoms. The van der Waals surface area contributed by atoms with Crippen LogP contribution in [-0.2, 0) is 0 Å². The second kappa shape index (κ2) is 5.83. The summed E-state index contributed by atoms with van der Waals surface area (Å²) in [6.07, 6.45) is 5.39. The lowest BCUT2D eigenvalue weighted by Gasteiger charge is -2.40.